The number of aromatic nitrogens is 2. The molecule has 0 radical (unpaired) electrons. The Morgan fingerprint density at radius 1 is 0.586 bits per heavy atom. The molecule has 2 aromatic carbocycles. The van der Waals surface area contributed by atoms with Crippen LogP contribution in [0.4, 0.5) is 32.6 Å². The van der Waals surface area contributed by atoms with Crippen LogP contribution < -0.4 is 25.8 Å². The smallest absolute Gasteiger partial charge is 0.321 e. The molecule has 13 nitrogen and oxygen atoms in total. The highest BCUT2D eigenvalue weighted by Gasteiger charge is 2.28. The molecule has 4 amide bonds. The van der Waals surface area contributed by atoms with E-state index >= 15 is 0 Å². The SMILES string of the molecule is CC[C@@H]1CCN(C(=O)Nc2ccc(C)c(-c3cc(C4CCCCC4)nc(N4CCOCC4)c3)c2)C1.CC[C@@H]1CCN(C(=O)Nc2ccc(C)c(-c3cc(C4CCCNC4)nc(N4CCOCC4)c3)c2)C1. The van der Waals surface area contributed by atoms with Crippen LogP contribution in [0.15, 0.2) is 60.7 Å². The second kappa shape index (κ2) is 23.8. The number of urea groups is 2. The summed E-state index contributed by atoms with van der Waals surface area (Å²) < 4.78 is 11.2. The standard InChI is InChI=1S/C29H40N4O2.C28H39N5O2/c1-3-22-11-12-33(20-22)29(34)30-25-10-9-21(2)26(19-25)24-17-27(23-7-5-4-6-8-23)31-28(18-24)32-13-15-35-16-14-32;1-3-21-8-10-33(19-21)28(34)30-24-7-6-20(2)25(17-24)23-15-26(22-5-4-9-29-18-22)31-27(16-23)32-11-13-35-14-12-32/h9-10,17-19,22-23H,3-8,11-16,20H2,1-2H3,(H,30,34);6-7,15-17,21-22,29H,3-5,8-14,18-19H2,1-2H3,(H,30,34)/t22-;21-,22?/m11/s1. The number of hydrogen-bond acceptors (Lipinski definition) is 9. The van der Waals surface area contributed by atoms with Gasteiger partial charge in [0.25, 0.3) is 0 Å². The zero-order valence-electron chi connectivity index (χ0n) is 42.6. The van der Waals surface area contributed by atoms with Crippen LogP contribution in [-0.2, 0) is 9.47 Å². The Kier molecular flexibility index (Phi) is 16.9. The van der Waals surface area contributed by atoms with Crippen molar-refractivity contribution < 1.29 is 19.1 Å². The highest BCUT2D eigenvalue weighted by Crippen LogP contribution is 2.38. The predicted octanol–water partition coefficient (Wildman–Crippen LogP) is 10.8. The van der Waals surface area contributed by atoms with E-state index in [-0.39, 0.29) is 12.1 Å². The second-order valence-electron chi connectivity index (χ2n) is 20.8. The van der Waals surface area contributed by atoms with Gasteiger partial charge in [-0.2, -0.15) is 0 Å². The fourth-order valence-corrected chi connectivity index (χ4v) is 11.3. The summed E-state index contributed by atoms with van der Waals surface area (Å²) in [6.45, 7) is 20.6. The minimum Gasteiger partial charge on any atom is -0.378 e. The summed E-state index contributed by atoms with van der Waals surface area (Å²) in [5.74, 6) is 4.30. The van der Waals surface area contributed by atoms with Gasteiger partial charge in [-0.3, -0.25) is 0 Å². The number of rotatable bonds is 10. The van der Waals surface area contributed by atoms with Crippen molar-refractivity contribution in [2.75, 3.05) is 112 Å². The molecule has 2 aromatic heterocycles. The van der Waals surface area contributed by atoms with E-state index in [0.717, 1.165) is 158 Å². The van der Waals surface area contributed by atoms with Crippen molar-refractivity contribution in [1.29, 1.82) is 0 Å². The Balaban J connectivity index is 0.000000174. The predicted molar refractivity (Wildman–Crippen MR) is 284 cm³/mol. The van der Waals surface area contributed by atoms with Gasteiger partial charge in [0.2, 0.25) is 0 Å². The summed E-state index contributed by atoms with van der Waals surface area (Å²) in [6, 6.07) is 21.6. The number of nitrogens with zero attached hydrogens (tertiary/aromatic N) is 6. The van der Waals surface area contributed by atoms with Crippen molar-refractivity contribution in [1.82, 2.24) is 25.1 Å². The first-order chi connectivity index (χ1) is 34.2. The van der Waals surface area contributed by atoms with E-state index in [1.54, 1.807) is 0 Å². The number of carbonyl (C=O) groups excluding carboxylic acids is 2. The van der Waals surface area contributed by atoms with Crippen molar-refractivity contribution in [2.24, 2.45) is 11.8 Å². The molecular formula is C57H79N9O4. The topological polar surface area (TPSA) is 127 Å². The van der Waals surface area contributed by atoms with Gasteiger partial charge >= 0.3 is 12.1 Å². The number of anilines is 4. The minimum absolute atomic E-state index is 0.00783. The molecule has 70 heavy (non-hydrogen) atoms. The second-order valence-corrected chi connectivity index (χ2v) is 20.8. The first-order valence-electron chi connectivity index (χ1n) is 26.9. The fourth-order valence-electron chi connectivity index (χ4n) is 11.3. The quantitative estimate of drug-likeness (QED) is 0.142. The summed E-state index contributed by atoms with van der Waals surface area (Å²) in [4.78, 5) is 44.7. The lowest BCUT2D eigenvalue weighted by molar-refractivity contribution is 0.122. The minimum atomic E-state index is 0.00783. The summed E-state index contributed by atoms with van der Waals surface area (Å²) in [7, 11) is 0. The number of piperidine rings is 1. The Morgan fingerprint density at radius 2 is 1.06 bits per heavy atom. The molecule has 1 aliphatic carbocycles. The Bertz CT molecular complexity index is 2150. The number of carbonyl (C=O) groups is 2. The Hall–Kier alpha value is -5.24. The average Bonchev–Trinajstić information content (AvgIpc) is 4.12. The maximum Gasteiger partial charge on any atom is 0.321 e. The van der Waals surface area contributed by atoms with E-state index < -0.39 is 0 Å². The molecule has 5 aliphatic heterocycles. The van der Waals surface area contributed by atoms with Crippen molar-refractivity contribution in [2.45, 2.75) is 110 Å². The lowest BCUT2D eigenvalue weighted by atomic mass is 9.85. The highest BCUT2D eigenvalue weighted by atomic mass is 16.5. The number of morpholine rings is 2. The van der Waals surface area contributed by atoms with Crippen LogP contribution >= 0.6 is 0 Å². The average molecular weight is 954 g/mol. The van der Waals surface area contributed by atoms with Gasteiger partial charge in [-0.25, -0.2) is 19.6 Å². The van der Waals surface area contributed by atoms with Crippen LogP contribution in [-0.4, -0.2) is 124 Å². The van der Waals surface area contributed by atoms with E-state index in [0.29, 0.717) is 23.7 Å². The monoisotopic (exact) mass is 954 g/mol. The first-order valence-corrected chi connectivity index (χ1v) is 26.9. The molecule has 3 atom stereocenters. The Morgan fingerprint density at radius 3 is 1.50 bits per heavy atom. The normalized spacial score (nSPS) is 22.1. The maximum atomic E-state index is 12.9. The van der Waals surface area contributed by atoms with Gasteiger partial charge < -0.3 is 45.0 Å². The molecule has 6 aliphatic rings. The molecule has 13 heteroatoms. The summed E-state index contributed by atoms with van der Waals surface area (Å²) in [6.07, 6.45) is 13.2. The molecule has 0 spiro atoms. The number of benzene rings is 2. The molecule has 1 unspecified atom stereocenters. The number of ether oxygens (including phenoxy) is 2. The molecular weight excluding hydrogens is 875 g/mol. The number of hydrogen-bond donors (Lipinski definition) is 3. The summed E-state index contributed by atoms with van der Waals surface area (Å²) >= 11 is 0. The van der Waals surface area contributed by atoms with Gasteiger partial charge in [0.1, 0.15) is 11.6 Å². The number of nitrogens with one attached hydrogen (secondary N) is 3. The fraction of sp³-hybridized carbons (Fsp3) is 0.579. The van der Waals surface area contributed by atoms with Crippen molar-refractivity contribution in [3.63, 3.8) is 0 Å². The summed E-state index contributed by atoms with van der Waals surface area (Å²) in [5, 5.41) is 9.86. The van der Waals surface area contributed by atoms with Crippen molar-refractivity contribution in [3.8, 4) is 22.3 Å². The van der Waals surface area contributed by atoms with Gasteiger partial charge in [0.15, 0.2) is 0 Å². The molecule has 0 bridgehead atoms. The van der Waals surface area contributed by atoms with Gasteiger partial charge in [-0.1, -0.05) is 58.1 Å². The van der Waals surface area contributed by atoms with E-state index in [9.17, 15) is 9.59 Å². The Labute approximate surface area is 417 Å². The highest BCUT2D eigenvalue weighted by molar-refractivity contribution is 5.91. The lowest BCUT2D eigenvalue weighted by Crippen LogP contribution is -2.37. The van der Waals surface area contributed by atoms with E-state index in [1.165, 1.54) is 72.0 Å². The first kappa shape index (κ1) is 49.7. The van der Waals surface area contributed by atoms with Gasteiger partial charge in [-0.15, -0.1) is 0 Å². The largest absolute Gasteiger partial charge is 0.378 e. The van der Waals surface area contributed by atoms with Gasteiger partial charge in [0.05, 0.1) is 26.4 Å². The third-order valence-electron chi connectivity index (χ3n) is 16.0. The van der Waals surface area contributed by atoms with Crippen molar-refractivity contribution in [3.05, 3.63) is 83.2 Å². The number of amides is 4. The molecule has 376 valence electrons. The lowest BCUT2D eigenvalue weighted by Gasteiger charge is -2.30. The van der Waals surface area contributed by atoms with Crippen LogP contribution in [0.25, 0.3) is 22.3 Å². The zero-order chi connectivity index (χ0) is 48.4. The number of likely N-dealkylation sites (tertiary alicyclic amines) is 2. The van der Waals surface area contributed by atoms with Gasteiger partial charge in [0, 0.05) is 93.5 Å². The zero-order valence-corrected chi connectivity index (χ0v) is 42.6. The number of aryl methyl sites for hydroxylation is 2. The van der Waals surface area contributed by atoms with Crippen molar-refractivity contribution >= 4 is 35.1 Å². The van der Waals surface area contributed by atoms with Crippen LogP contribution in [0.3, 0.4) is 0 Å². The van der Waals surface area contributed by atoms with E-state index in [1.807, 2.05) is 21.9 Å². The molecule has 1 saturated carbocycles. The van der Waals surface area contributed by atoms with E-state index in [2.05, 4.69) is 102 Å². The molecule has 3 N–H and O–H groups in total. The van der Waals surface area contributed by atoms with Crippen LogP contribution in [0.1, 0.15) is 119 Å². The maximum absolute atomic E-state index is 12.9. The third-order valence-corrected chi connectivity index (χ3v) is 16.0. The molecule has 10 rings (SSSR count). The summed E-state index contributed by atoms with van der Waals surface area (Å²) in [5.41, 5.74) is 11.2. The van der Waals surface area contributed by atoms with E-state index in [4.69, 9.17) is 19.4 Å². The molecule has 7 heterocycles. The van der Waals surface area contributed by atoms with Crippen LogP contribution in [0.2, 0.25) is 0 Å². The van der Waals surface area contributed by atoms with Crippen LogP contribution in [0, 0.1) is 25.7 Å². The number of pyridine rings is 2. The van der Waals surface area contributed by atoms with Crippen LogP contribution in [0.5, 0.6) is 0 Å². The van der Waals surface area contributed by atoms with Gasteiger partial charge in [-0.05, 0) is 153 Å². The molecule has 6 fully saturated rings. The molecule has 5 saturated heterocycles. The molecule has 4 aromatic rings. The third kappa shape index (κ3) is 12.4.